The van der Waals surface area contributed by atoms with Crippen molar-refractivity contribution in [2.45, 2.75) is 51.0 Å². The van der Waals surface area contributed by atoms with E-state index in [9.17, 15) is 5.11 Å². The summed E-state index contributed by atoms with van der Waals surface area (Å²) >= 11 is 6.18. The van der Waals surface area contributed by atoms with Crippen LogP contribution in [0.2, 0.25) is 5.02 Å². The largest absolute Gasteiger partial charge is 0.491 e. The molecule has 1 aliphatic carbocycles. The number of ether oxygens (including phenoxy) is 1. The molecule has 1 saturated carbocycles. The Hall–Kier alpha value is -1.17. The number of aryl methyl sites for hydroxylation is 1. The molecule has 1 unspecified atom stereocenters. The Bertz CT molecular complexity index is 836. The zero-order chi connectivity index (χ0) is 21.6. The van der Waals surface area contributed by atoms with Crippen molar-refractivity contribution in [1.82, 2.24) is 4.90 Å². The van der Waals surface area contributed by atoms with E-state index in [0.717, 1.165) is 37.0 Å². The molecule has 4 rings (SSSR count). The number of aliphatic hydroxyl groups excluding tert-OH is 1. The molecular formula is C26H37Cl3N2O2. The van der Waals surface area contributed by atoms with Crippen LogP contribution in [0.4, 0.5) is 5.69 Å². The van der Waals surface area contributed by atoms with Crippen LogP contribution < -0.4 is 9.64 Å². The normalized spacial score (nSPS) is 18.2. The average Bonchev–Trinajstić information content (AvgIpc) is 2.81. The number of anilines is 1. The first-order valence-corrected chi connectivity index (χ1v) is 12.1. The summed E-state index contributed by atoms with van der Waals surface area (Å²) in [6.07, 6.45) is 6.21. The third-order valence-electron chi connectivity index (χ3n) is 6.75. The first-order valence-electron chi connectivity index (χ1n) is 11.7. The highest BCUT2D eigenvalue weighted by atomic mass is 35.5. The van der Waals surface area contributed by atoms with Gasteiger partial charge in [-0.2, -0.15) is 0 Å². The minimum Gasteiger partial charge on any atom is -0.491 e. The van der Waals surface area contributed by atoms with Gasteiger partial charge in [-0.05, 0) is 61.1 Å². The lowest BCUT2D eigenvalue weighted by Gasteiger charge is -2.37. The van der Waals surface area contributed by atoms with Crippen molar-refractivity contribution >= 4 is 42.1 Å². The molecule has 7 heteroatoms. The van der Waals surface area contributed by atoms with E-state index in [4.69, 9.17) is 16.3 Å². The van der Waals surface area contributed by atoms with Crippen molar-refractivity contribution in [2.75, 3.05) is 44.2 Å². The highest BCUT2D eigenvalue weighted by Gasteiger charge is 2.21. The molecule has 1 N–H and O–H groups in total. The van der Waals surface area contributed by atoms with Gasteiger partial charge < -0.3 is 14.7 Å². The molecule has 1 atom stereocenters. The Kier molecular flexibility index (Phi) is 11.6. The van der Waals surface area contributed by atoms with E-state index < -0.39 is 6.10 Å². The molecular weight excluding hydrogens is 479 g/mol. The smallest absolute Gasteiger partial charge is 0.119 e. The minimum atomic E-state index is -0.488. The van der Waals surface area contributed by atoms with Gasteiger partial charge in [-0.15, -0.1) is 24.8 Å². The van der Waals surface area contributed by atoms with Gasteiger partial charge in [0.15, 0.2) is 0 Å². The Morgan fingerprint density at radius 3 is 2.30 bits per heavy atom. The minimum absolute atomic E-state index is 0. The quantitative estimate of drug-likeness (QED) is 0.483. The number of piperazine rings is 1. The van der Waals surface area contributed by atoms with Crippen LogP contribution >= 0.6 is 36.4 Å². The summed E-state index contributed by atoms with van der Waals surface area (Å²) in [6.45, 7) is 6.84. The van der Waals surface area contributed by atoms with Gasteiger partial charge in [0.2, 0.25) is 0 Å². The van der Waals surface area contributed by atoms with E-state index in [0.29, 0.717) is 19.1 Å². The average molecular weight is 516 g/mol. The van der Waals surface area contributed by atoms with Gasteiger partial charge in [0.05, 0.1) is 0 Å². The lowest BCUT2D eigenvalue weighted by molar-refractivity contribution is 0.0663. The summed E-state index contributed by atoms with van der Waals surface area (Å²) in [4.78, 5) is 4.70. The van der Waals surface area contributed by atoms with Crippen molar-refractivity contribution in [1.29, 1.82) is 0 Å². The fourth-order valence-electron chi connectivity index (χ4n) is 4.91. The molecule has 33 heavy (non-hydrogen) atoms. The Morgan fingerprint density at radius 2 is 1.64 bits per heavy atom. The van der Waals surface area contributed by atoms with E-state index in [-0.39, 0.29) is 24.8 Å². The highest BCUT2D eigenvalue weighted by molar-refractivity contribution is 6.30. The third-order valence-corrected chi connectivity index (χ3v) is 6.99. The molecule has 0 bridgehead atoms. The van der Waals surface area contributed by atoms with E-state index >= 15 is 0 Å². The highest BCUT2D eigenvalue weighted by Crippen LogP contribution is 2.33. The molecule has 0 radical (unpaired) electrons. The summed E-state index contributed by atoms with van der Waals surface area (Å²) in [5, 5.41) is 11.3. The van der Waals surface area contributed by atoms with Gasteiger partial charge in [-0.1, -0.05) is 49.1 Å². The lowest BCUT2D eigenvalue weighted by Crippen LogP contribution is -2.49. The van der Waals surface area contributed by atoms with Crippen LogP contribution in [0.15, 0.2) is 42.5 Å². The van der Waals surface area contributed by atoms with Crippen LogP contribution in [-0.2, 0) is 0 Å². The van der Waals surface area contributed by atoms with Crippen molar-refractivity contribution in [3.63, 3.8) is 0 Å². The van der Waals surface area contributed by atoms with Crippen LogP contribution in [0.1, 0.15) is 49.1 Å². The number of β-amino-alcohol motifs (C(OH)–C–C–N with tert-alkyl or cyclic N) is 1. The molecule has 0 spiro atoms. The van der Waals surface area contributed by atoms with Gasteiger partial charge in [0, 0.05) is 43.4 Å². The fourth-order valence-corrected chi connectivity index (χ4v) is 5.08. The van der Waals surface area contributed by atoms with Crippen LogP contribution in [-0.4, -0.2) is 55.4 Å². The number of aliphatic hydroxyl groups is 1. The number of nitrogens with zero attached hydrogens (tertiary/aromatic N) is 2. The summed E-state index contributed by atoms with van der Waals surface area (Å²) in [7, 11) is 0. The molecule has 0 amide bonds. The fraction of sp³-hybridized carbons (Fsp3) is 0.538. The van der Waals surface area contributed by atoms with Gasteiger partial charge in [-0.3, -0.25) is 4.90 Å². The maximum Gasteiger partial charge on any atom is 0.119 e. The molecule has 4 nitrogen and oxygen atoms in total. The number of benzene rings is 2. The van der Waals surface area contributed by atoms with Gasteiger partial charge >= 0.3 is 0 Å². The van der Waals surface area contributed by atoms with Gasteiger partial charge in [-0.25, -0.2) is 0 Å². The van der Waals surface area contributed by atoms with Crippen LogP contribution in [0, 0.1) is 6.92 Å². The maximum absolute atomic E-state index is 10.5. The predicted octanol–water partition coefficient (Wildman–Crippen LogP) is 6.10. The topological polar surface area (TPSA) is 35.9 Å². The summed E-state index contributed by atoms with van der Waals surface area (Å²) in [5.74, 6) is 1.56. The summed E-state index contributed by atoms with van der Waals surface area (Å²) in [6, 6.07) is 14.6. The number of rotatable bonds is 7. The standard InChI is InChI=1S/C26H35ClN2O2.2ClH/c1-20-7-10-23(27)17-26(20)29-15-13-28(14-16-29)18-24(30)19-31-25-11-8-22(9-12-25)21-5-3-2-4-6-21;;/h7-12,17,21,24,30H,2-6,13-16,18-19H2,1H3;2*1H. The van der Waals surface area contributed by atoms with Crippen LogP contribution in [0.3, 0.4) is 0 Å². The molecule has 0 aromatic heterocycles. The van der Waals surface area contributed by atoms with E-state index in [1.807, 2.05) is 6.07 Å². The second-order valence-electron chi connectivity index (χ2n) is 9.09. The zero-order valence-electron chi connectivity index (χ0n) is 19.4. The van der Waals surface area contributed by atoms with Gasteiger partial charge in [0.1, 0.15) is 18.5 Å². The number of hydrogen-bond acceptors (Lipinski definition) is 4. The monoisotopic (exact) mass is 514 g/mol. The molecule has 184 valence electrons. The first kappa shape index (κ1) is 28.1. The Balaban J connectivity index is 0.00000193. The molecule has 1 heterocycles. The van der Waals surface area contributed by atoms with Crippen LogP contribution in [0.5, 0.6) is 5.75 Å². The first-order chi connectivity index (χ1) is 15.1. The van der Waals surface area contributed by atoms with Crippen molar-refractivity contribution in [3.05, 3.63) is 58.6 Å². The number of hydrogen-bond donors (Lipinski definition) is 1. The summed E-state index contributed by atoms with van der Waals surface area (Å²) < 4.78 is 5.87. The second-order valence-corrected chi connectivity index (χ2v) is 9.52. The third kappa shape index (κ3) is 7.93. The molecule has 2 aromatic rings. The molecule has 2 fully saturated rings. The predicted molar refractivity (Wildman–Crippen MR) is 143 cm³/mol. The van der Waals surface area contributed by atoms with Crippen molar-refractivity contribution < 1.29 is 9.84 Å². The SMILES string of the molecule is Cc1ccc(Cl)cc1N1CCN(CC(O)COc2ccc(C3CCCCC3)cc2)CC1.Cl.Cl. The molecule has 2 aromatic carbocycles. The second kappa shape index (κ2) is 13.7. The lowest BCUT2D eigenvalue weighted by atomic mass is 9.84. The maximum atomic E-state index is 10.5. The summed E-state index contributed by atoms with van der Waals surface area (Å²) in [5.41, 5.74) is 3.90. The van der Waals surface area contributed by atoms with Crippen LogP contribution in [0.25, 0.3) is 0 Å². The Labute approximate surface area is 216 Å². The van der Waals surface area contributed by atoms with Crippen molar-refractivity contribution in [3.8, 4) is 5.75 Å². The molecule has 1 saturated heterocycles. The van der Waals surface area contributed by atoms with Crippen molar-refractivity contribution in [2.24, 2.45) is 0 Å². The molecule has 2 aliphatic rings. The van der Waals surface area contributed by atoms with E-state index in [1.54, 1.807) is 0 Å². The zero-order valence-corrected chi connectivity index (χ0v) is 21.8. The number of halogens is 3. The molecule has 1 aliphatic heterocycles. The van der Waals surface area contributed by atoms with E-state index in [1.165, 1.54) is 48.9 Å². The Morgan fingerprint density at radius 1 is 0.970 bits per heavy atom. The van der Waals surface area contributed by atoms with Gasteiger partial charge in [0.25, 0.3) is 0 Å². The van der Waals surface area contributed by atoms with E-state index in [2.05, 4.69) is 53.1 Å².